The van der Waals surface area contributed by atoms with Gasteiger partial charge in [0.2, 0.25) is 0 Å². The number of piperazine rings is 1. The van der Waals surface area contributed by atoms with Crippen molar-refractivity contribution in [3.8, 4) is 5.75 Å². The number of likely N-dealkylation sites (tertiary alicyclic amines) is 1. The average molecular weight is 396 g/mol. The highest BCUT2D eigenvalue weighted by atomic mass is 19.1. The Hall–Kier alpha value is -2.11. The molecule has 5 rings (SSSR count). The van der Waals surface area contributed by atoms with E-state index in [1.54, 1.807) is 12.1 Å². The molecule has 0 amide bonds. The lowest BCUT2D eigenvalue weighted by Gasteiger charge is -2.44. The molecule has 29 heavy (non-hydrogen) atoms. The number of rotatable bonds is 4. The summed E-state index contributed by atoms with van der Waals surface area (Å²) >= 11 is 0. The van der Waals surface area contributed by atoms with Crippen molar-refractivity contribution in [3.05, 3.63) is 59.4 Å². The van der Waals surface area contributed by atoms with E-state index in [9.17, 15) is 4.39 Å². The molecule has 2 saturated heterocycles. The summed E-state index contributed by atoms with van der Waals surface area (Å²) in [7, 11) is 0. The third kappa shape index (κ3) is 4.12. The first kappa shape index (κ1) is 18.9. The van der Waals surface area contributed by atoms with Crippen molar-refractivity contribution in [2.75, 3.05) is 50.8 Å². The minimum atomic E-state index is -0.107. The Morgan fingerprint density at radius 1 is 1.00 bits per heavy atom. The van der Waals surface area contributed by atoms with Crippen LogP contribution in [-0.2, 0) is 13.0 Å². The molecule has 2 aromatic carbocycles. The fourth-order valence-electron chi connectivity index (χ4n) is 5.11. The number of ether oxygens (including phenoxy) is 1. The molecule has 0 aliphatic carbocycles. The van der Waals surface area contributed by atoms with Crippen LogP contribution in [0.1, 0.15) is 24.0 Å². The van der Waals surface area contributed by atoms with Gasteiger partial charge in [-0.2, -0.15) is 0 Å². The maximum atomic E-state index is 14.1. The molecule has 3 aliphatic heterocycles. The second kappa shape index (κ2) is 8.33. The summed E-state index contributed by atoms with van der Waals surface area (Å²) in [5, 5.41) is 0. The van der Waals surface area contributed by atoms with Gasteiger partial charge in [0.25, 0.3) is 0 Å². The molecule has 154 valence electrons. The number of anilines is 1. The van der Waals surface area contributed by atoms with Crippen LogP contribution in [0.25, 0.3) is 0 Å². The molecule has 0 N–H and O–H groups in total. The van der Waals surface area contributed by atoms with E-state index >= 15 is 0 Å². The molecular formula is C24H30FN3O. The highest BCUT2D eigenvalue weighted by Crippen LogP contribution is 2.27. The first-order valence-corrected chi connectivity index (χ1v) is 11.0. The lowest BCUT2D eigenvalue weighted by molar-refractivity contribution is 0.0887. The lowest BCUT2D eigenvalue weighted by atomic mass is 10.0. The van der Waals surface area contributed by atoms with Crippen LogP contribution in [0.15, 0.2) is 42.5 Å². The Morgan fingerprint density at radius 3 is 2.72 bits per heavy atom. The number of para-hydroxylation sites is 1. The monoisotopic (exact) mass is 395 g/mol. The van der Waals surface area contributed by atoms with E-state index in [1.807, 2.05) is 12.1 Å². The molecule has 1 atom stereocenters. The van der Waals surface area contributed by atoms with E-state index in [0.29, 0.717) is 6.04 Å². The highest BCUT2D eigenvalue weighted by molar-refractivity contribution is 5.48. The summed E-state index contributed by atoms with van der Waals surface area (Å²) < 4.78 is 19.7. The normalized spacial score (nSPS) is 23.1. The van der Waals surface area contributed by atoms with Crippen molar-refractivity contribution < 1.29 is 9.13 Å². The zero-order valence-electron chi connectivity index (χ0n) is 17.0. The summed E-state index contributed by atoms with van der Waals surface area (Å²) in [6, 6.07) is 14.5. The number of hydrogen-bond acceptors (Lipinski definition) is 4. The van der Waals surface area contributed by atoms with Gasteiger partial charge >= 0.3 is 0 Å². The number of halogens is 1. The van der Waals surface area contributed by atoms with Crippen molar-refractivity contribution >= 4 is 5.69 Å². The topological polar surface area (TPSA) is 19.0 Å². The van der Waals surface area contributed by atoms with Gasteiger partial charge < -0.3 is 9.64 Å². The van der Waals surface area contributed by atoms with Crippen molar-refractivity contribution in [1.82, 2.24) is 9.80 Å². The van der Waals surface area contributed by atoms with Gasteiger partial charge in [0.15, 0.2) is 0 Å². The van der Waals surface area contributed by atoms with Gasteiger partial charge in [-0.3, -0.25) is 9.80 Å². The molecule has 0 aromatic heterocycles. The van der Waals surface area contributed by atoms with Crippen LogP contribution in [-0.4, -0.2) is 61.7 Å². The Bertz CT molecular complexity index is 850. The van der Waals surface area contributed by atoms with Crippen LogP contribution in [0.5, 0.6) is 5.75 Å². The number of nitrogens with zero attached hydrogens (tertiary/aromatic N) is 3. The van der Waals surface area contributed by atoms with E-state index in [4.69, 9.17) is 4.74 Å². The fraction of sp³-hybridized carbons (Fsp3) is 0.500. The molecule has 0 radical (unpaired) electrons. The van der Waals surface area contributed by atoms with Crippen molar-refractivity contribution in [2.24, 2.45) is 0 Å². The average Bonchev–Trinajstić information content (AvgIpc) is 3.22. The summed E-state index contributed by atoms with van der Waals surface area (Å²) in [6.07, 6.45) is 3.57. The van der Waals surface area contributed by atoms with Gasteiger partial charge in [-0.1, -0.05) is 24.3 Å². The molecule has 3 aliphatic rings. The number of benzene rings is 2. The summed E-state index contributed by atoms with van der Waals surface area (Å²) in [4.78, 5) is 7.42. The molecule has 0 bridgehead atoms. The molecule has 5 heteroatoms. The highest BCUT2D eigenvalue weighted by Gasteiger charge is 2.29. The van der Waals surface area contributed by atoms with Crippen LogP contribution >= 0.6 is 0 Å². The molecule has 2 fully saturated rings. The van der Waals surface area contributed by atoms with Crippen LogP contribution in [0.3, 0.4) is 0 Å². The van der Waals surface area contributed by atoms with Crippen LogP contribution < -0.4 is 9.64 Å². The predicted octanol–water partition coefficient (Wildman–Crippen LogP) is 3.55. The van der Waals surface area contributed by atoms with E-state index in [1.165, 1.54) is 30.5 Å². The minimum Gasteiger partial charge on any atom is -0.493 e. The van der Waals surface area contributed by atoms with E-state index in [2.05, 4.69) is 32.9 Å². The Balaban J connectivity index is 1.17. The minimum absolute atomic E-state index is 0.107. The molecule has 0 spiro atoms. The van der Waals surface area contributed by atoms with Gasteiger partial charge in [0.05, 0.1) is 12.3 Å². The second-order valence-corrected chi connectivity index (χ2v) is 8.55. The lowest BCUT2D eigenvalue weighted by Crippen LogP contribution is -2.55. The molecule has 4 nitrogen and oxygen atoms in total. The second-order valence-electron chi connectivity index (χ2n) is 8.55. The predicted molar refractivity (Wildman–Crippen MR) is 114 cm³/mol. The molecule has 2 aromatic rings. The molecule has 0 unspecified atom stereocenters. The van der Waals surface area contributed by atoms with Crippen LogP contribution in [0.2, 0.25) is 0 Å². The molecule has 0 saturated carbocycles. The smallest absolute Gasteiger partial charge is 0.146 e. The van der Waals surface area contributed by atoms with Crippen LogP contribution in [0.4, 0.5) is 10.1 Å². The van der Waals surface area contributed by atoms with E-state index in [-0.39, 0.29) is 5.82 Å². The third-order valence-electron chi connectivity index (χ3n) is 6.66. The van der Waals surface area contributed by atoms with Gasteiger partial charge in [-0.15, -0.1) is 0 Å². The number of fused-ring (bicyclic) bond motifs is 1. The quantitative estimate of drug-likeness (QED) is 0.788. The SMILES string of the molecule is Fc1ccccc1N1CCN([C@H]2CCCN(Cc3ccc4c(c3)CCO4)C2)CC1. The first-order valence-electron chi connectivity index (χ1n) is 11.0. The van der Waals surface area contributed by atoms with E-state index in [0.717, 1.165) is 63.7 Å². The Kier molecular flexibility index (Phi) is 5.42. The van der Waals surface area contributed by atoms with Gasteiger partial charge in [-0.05, 0) is 48.7 Å². The van der Waals surface area contributed by atoms with Gasteiger partial charge in [-0.25, -0.2) is 4.39 Å². The largest absolute Gasteiger partial charge is 0.493 e. The standard InChI is InChI=1S/C24H30FN3O/c25-22-5-1-2-6-23(22)28-13-11-27(12-14-28)21-4-3-10-26(18-21)17-19-7-8-24-20(16-19)9-15-29-24/h1-2,5-8,16,21H,3-4,9-15,17-18H2/t21-/m0/s1. The summed E-state index contributed by atoms with van der Waals surface area (Å²) in [5.41, 5.74) is 3.51. The van der Waals surface area contributed by atoms with Gasteiger partial charge in [0.1, 0.15) is 11.6 Å². The number of piperidine rings is 1. The Labute approximate surface area is 172 Å². The fourth-order valence-corrected chi connectivity index (χ4v) is 5.11. The summed E-state index contributed by atoms with van der Waals surface area (Å²) in [6.45, 7) is 8.01. The summed E-state index contributed by atoms with van der Waals surface area (Å²) in [5.74, 6) is 0.961. The first-order chi connectivity index (χ1) is 14.3. The van der Waals surface area contributed by atoms with Gasteiger partial charge in [0, 0.05) is 51.7 Å². The third-order valence-corrected chi connectivity index (χ3v) is 6.66. The van der Waals surface area contributed by atoms with Crippen molar-refractivity contribution in [3.63, 3.8) is 0 Å². The molecule has 3 heterocycles. The zero-order chi connectivity index (χ0) is 19.6. The number of hydrogen-bond donors (Lipinski definition) is 0. The van der Waals surface area contributed by atoms with Crippen LogP contribution in [0, 0.1) is 5.82 Å². The van der Waals surface area contributed by atoms with Crippen molar-refractivity contribution in [2.45, 2.75) is 31.8 Å². The van der Waals surface area contributed by atoms with E-state index < -0.39 is 0 Å². The Morgan fingerprint density at radius 2 is 1.86 bits per heavy atom. The zero-order valence-corrected chi connectivity index (χ0v) is 17.0. The van der Waals surface area contributed by atoms with Crippen molar-refractivity contribution in [1.29, 1.82) is 0 Å². The maximum Gasteiger partial charge on any atom is 0.146 e. The maximum absolute atomic E-state index is 14.1. The molecular weight excluding hydrogens is 365 g/mol.